The maximum Gasteiger partial charge on any atom is 2.00 e. The van der Waals surface area contributed by atoms with Crippen LogP contribution in [-0.2, 0) is 17.1 Å². The number of benzene rings is 1. The van der Waals surface area contributed by atoms with Crippen molar-refractivity contribution >= 4 is 5.76 Å². The van der Waals surface area contributed by atoms with Gasteiger partial charge in [-0.2, -0.15) is 18.2 Å². The quantitative estimate of drug-likeness (QED) is 0.590. The molecule has 25 heavy (non-hydrogen) atoms. The molecule has 2 aromatic rings. The first-order valence-corrected chi connectivity index (χ1v) is 7.88. The van der Waals surface area contributed by atoms with E-state index in [1.165, 1.54) is 6.08 Å². The van der Waals surface area contributed by atoms with E-state index in [0.29, 0.717) is 29.4 Å². The van der Waals surface area contributed by atoms with Gasteiger partial charge in [-0.05, 0) is 25.1 Å². The molecule has 0 fully saturated rings. The van der Waals surface area contributed by atoms with Crippen molar-refractivity contribution in [3.05, 3.63) is 95.8 Å². The SMILES string of the molecule is CCOc1cccc2c1C([O-])=CC(=C1C=CC=C1)O2.[Fe+2].c1cc[cH-]c1. The number of rotatable bonds is 2. The van der Waals surface area contributed by atoms with Gasteiger partial charge in [-0.25, -0.2) is 12.1 Å². The van der Waals surface area contributed by atoms with Gasteiger partial charge in [-0.1, -0.05) is 36.1 Å². The largest absolute Gasteiger partial charge is 2.00 e. The van der Waals surface area contributed by atoms with Crippen molar-refractivity contribution in [2.75, 3.05) is 6.61 Å². The summed E-state index contributed by atoms with van der Waals surface area (Å²) in [6.07, 6.45) is 9.17. The topological polar surface area (TPSA) is 41.5 Å². The molecule has 1 aliphatic carbocycles. The summed E-state index contributed by atoms with van der Waals surface area (Å²) in [5, 5.41) is 12.3. The molecule has 4 rings (SSSR count). The molecule has 0 amide bonds. The van der Waals surface area contributed by atoms with Crippen LogP contribution in [0.25, 0.3) is 5.76 Å². The predicted molar refractivity (Wildman–Crippen MR) is 93.6 cm³/mol. The fourth-order valence-corrected chi connectivity index (χ4v) is 2.46. The first-order valence-electron chi connectivity index (χ1n) is 7.88. The number of ether oxygens (including phenoxy) is 2. The fourth-order valence-electron chi connectivity index (χ4n) is 2.46. The number of allylic oxidation sites excluding steroid dienone is 6. The molecule has 0 radical (unpaired) electrons. The van der Waals surface area contributed by atoms with E-state index in [-0.39, 0.29) is 22.8 Å². The molecule has 0 saturated heterocycles. The Kier molecular flexibility index (Phi) is 6.81. The minimum absolute atomic E-state index is 0. The zero-order valence-corrected chi connectivity index (χ0v) is 14.9. The third kappa shape index (κ3) is 4.50. The molecular weight excluding hydrogens is 356 g/mol. The van der Waals surface area contributed by atoms with Crippen LogP contribution in [0.5, 0.6) is 11.5 Å². The van der Waals surface area contributed by atoms with E-state index in [4.69, 9.17) is 9.47 Å². The Morgan fingerprint density at radius 1 is 1.08 bits per heavy atom. The molecule has 0 spiro atoms. The van der Waals surface area contributed by atoms with Crippen LogP contribution in [0.4, 0.5) is 0 Å². The summed E-state index contributed by atoms with van der Waals surface area (Å²) in [4.78, 5) is 0. The molecule has 1 aliphatic heterocycles. The minimum Gasteiger partial charge on any atom is -0.872 e. The van der Waals surface area contributed by atoms with Gasteiger partial charge in [-0.15, -0.1) is 0 Å². The Balaban J connectivity index is 0.000000325. The normalized spacial score (nSPS) is 13.9. The average molecular weight is 374 g/mol. The standard InChI is InChI=1S/C16H14O3.C5H5.Fe/c1-2-18-13-8-5-9-14-16(13)12(17)10-15(19-14)11-6-3-4-7-11;1-2-4-5-3-1;/h3-10,17H,2H2,1H3;1-5H;/q;-1;+2/p-1. The van der Waals surface area contributed by atoms with Gasteiger partial charge < -0.3 is 14.6 Å². The third-order valence-corrected chi connectivity index (χ3v) is 3.52. The van der Waals surface area contributed by atoms with Crippen molar-refractivity contribution in [3.63, 3.8) is 0 Å². The number of hydrogen-bond donors (Lipinski definition) is 0. The Labute approximate surface area is 158 Å². The maximum atomic E-state index is 12.3. The Morgan fingerprint density at radius 3 is 2.40 bits per heavy atom. The molecule has 3 nitrogen and oxygen atoms in total. The summed E-state index contributed by atoms with van der Waals surface area (Å²) in [5.74, 6) is 1.62. The zero-order chi connectivity index (χ0) is 16.8. The van der Waals surface area contributed by atoms with Gasteiger partial charge in [0.05, 0.1) is 12.2 Å². The van der Waals surface area contributed by atoms with Gasteiger partial charge >= 0.3 is 17.1 Å². The summed E-state index contributed by atoms with van der Waals surface area (Å²) in [7, 11) is 0. The monoisotopic (exact) mass is 374 g/mol. The van der Waals surface area contributed by atoms with Gasteiger partial charge in [-0.3, -0.25) is 0 Å². The molecule has 2 aromatic carbocycles. The van der Waals surface area contributed by atoms with Crippen LogP contribution >= 0.6 is 0 Å². The van der Waals surface area contributed by atoms with E-state index in [2.05, 4.69) is 0 Å². The van der Waals surface area contributed by atoms with E-state index in [1.54, 1.807) is 12.1 Å². The van der Waals surface area contributed by atoms with Crippen LogP contribution in [-0.4, -0.2) is 6.61 Å². The first kappa shape index (κ1) is 18.8. The van der Waals surface area contributed by atoms with Crippen LogP contribution in [0.3, 0.4) is 0 Å². The van der Waals surface area contributed by atoms with Crippen molar-refractivity contribution in [1.82, 2.24) is 0 Å². The zero-order valence-electron chi connectivity index (χ0n) is 13.8. The summed E-state index contributed by atoms with van der Waals surface area (Å²) < 4.78 is 11.3. The van der Waals surface area contributed by atoms with E-state index < -0.39 is 0 Å². The summed E-state index contributed by atoms with van der Waals surface area (Å²) >= 11 is 0. The van der Waals surface area contributed by atoms with Gasteiger partial charge in [0.15, 0.2) is 0 Å². The number of hydrogen-bond acceptors (Lipinski definition) is 3. The van der Waals surface area contributed by atoms with Crippen LogP contribution in [0.2, 0.25) is 0 Å². The summed E-state index contributed by atoms with van der Waals surface area (Å²) in [5.41, 5.74) is 1.40. The molecule has 0 atom stereocenters. The number of fused-ring (bicyclic) bond motifs is 1. The average Bonchev–Trinajstić information content (AvgIpc) is 3.31. The molecular formula is C21H18FeO3. The van der Waals surface area contributed by atoms with E-state index in [0.717, 1.165) is 5.57 Å². The van der Waals surface area contributed by atoms with Crippen LogP contribution in [0.15, 0.2) is 90.2 Å². The van der Waals surface area contributed by atoms with Gasteiger partial charge in [0.2, 0.25) is 0 Å². The molecule has 1 heterocycles. The van der Waals surface area contributed by atoms with Crippen molar-refractivity contribution in [1.29, 1.82) is 0 Å². The molecule has 128 valence electrons. The van der Waals surface area contributed by atoms with Gasteiger partial charge in [0.25, 0.3) is 0 Å². The second-order valence-corrected chi connectivity index (χ2v) is 5.17. The van der Waals surface area contributed by atoms with Crippen LogP contribution < -0.4 is 14.6 Å². The Bertz CT molecular complexity index is 780. The van der Waals surface area contributed by atoms with Crippen molar-refractivity contribution in [2.24, 2.45) is 0 Å². The Hall–Kier alpha value is -2.55. The minimum atomic E-state index is -0.0819. The smallest absolute Gasteiger partial charge is 0.872 e. The van der Waals surface area contributed by atoms with Crippen molar-refractivity contribution in [3.8, 4) is 11.5 Å². The molecule has 0 unspecified atom stereocenters. The molecule has 0 aromatic heterocycles. The third-order valence-electron chi connectivity index (χ3n) is 3.52. The molecule has 0 bridgehead atoms. The summed E-state index contributed by atoms with van der Waals surface area (Å²) in [6, 6.07) is 15.4. The van der Waals surface area contributed by atoms with Crippen LogP contribution in [0.1, 0.15) is 12.5 Å². The van der Waals surface area contributed by atoms with Gasteiger partial charge in [0.1, 0.15) is 17.3 Å². The van der Waals surface area contributed by atoms with E-state index in [1.807, 2.05) is 67.6 Å². The maximum absolute atomic E-state index is 12.3. The molecule has 0 N–H and O–H groups in total. The van der Waals surface area contributed by atoms with E-state index in [9.17, 15) is 5.11 Å². The summed E-state index contributed by atoms with van der Waals surface area (Å²) in [6.45, 7) is 2.40. The second kappa shape index (κ2) is 9.07. The van der Waals surface area contributed by atoms with E-state index >= 15 is 0 Å². The second-order valence-electron chi connectivity index (χ2n) is 5.17. The fraction of sp³-hybridized carbons (Fsp3) is 0.0952. The Morgan fingerprint density at radius 2 is 1.80 bits per heavy atom. The molecule has 0 saturated carbocycles. The van der Waals surface area contributed by atoms with Crippen LogP contribution in [0, 0.1) is 0 Å². The van der Waals surface area contributed by atoms with Gasteiger partial charge in [0, 0.05) is 5.57 Å². The van der Waals surface area contributed by atoms with Crippen molar-refractivity contribution in [2.45, 2.75) is 6.92 Å². The van der Waals surface area contributed by atoms with Crippen molar-refractivity contribution < 1.29 is 31.6 Å². The predicted octanol–water partition coefficient (Wildman–Crippen LogP) is 3.96. The first-order chi connectivity index (χ1) is 11.8. The molecule has 2 aliphatic rings. The molecule has 4 heteroatoms.